The van der Waals surface area contributed by atoms with Crippen LogP contribution >= 0.6 is 0 Å². The highest BCUT2D eigenvalue weighted by Crippen LogP contribution is 2.24. The number of hydrogen-bond donors (Lipinski definition) is 3. The predicted molar refractivity (Wildman–Crippen MR) is 175 cm³/mol. The fraction of sp³-hybridized carbons (Fsp3) is 0.364. The zero-order valence-corrected chi connectivity index (χ0v) is 27.5. The van der Waals surface area contributed by atoms with Gasteiger partial charge in [0.05, 0.1) is 30.1 Å². The number of aromatic nitrogens is 1. The first-order valence-corrected chi connectivity index (χ1v) is 16.4. The van der Waals surface area contributed by atoms with E-state index in [0.29, 0.717) is 29.9 Å². The number of nitrogens with one attached hydrogen (secondary N) is 2. The quantitative estimate of drug-likeness (QED) is 0.229. The van der Waals surface area contributed by atoms with E-state index in [1.54, 1.807) is 30.9 Å². The van der Waals surface area contributed by atoms with E-state index in [9.17, 15) is 27.9 Å². The van der Waals surface area contributed by atoms with Crippen molar-refractivity contribution >= 4 is 39.5 Å². The molecule has 3 aromatic rings. The number of pyridine rings is 1. The molecule has 0 saturated carbocycles. The Hall–Kier alpha value is -4.82. The first-order valence-electron chi connectivity index (χ1n) is 15.0. The number of benzene rings is 2. The number of carbonyl (C=O) groups is 3. The Bertz CT molecular complexity index is 1720. The van der Waals surface area contributed by atoms with Gasteiger partial charge in [0.15, 0.2) is 5.71 Å². The summed E-state index contributed by atoms with van der Waals surface area (Å²) in [6.45, 7) is 6.42. The lowest BCUT2D eigenvalue weighted by atomic mass is 10.1. The second-order valence-electron chi connectivity index (χ2n) is 11.4. The van der Waals surface area contributed by atoms with Crippen LogP contribution in [0, 0.1) is 27.7 Å². The van der Waals surface area contributed by atoms with E-state index in [0.717, 1.165) is 16.8 Å². The van der Waals surface area contributed by atoms with Gasteiger partial charge in [-0.05, 0) is 62.9 Å². The van der Waals surface area contributed by atoms with Gasteiger partial charge in [-0.25, -0.2) is 14.6 Å². The number of nitrogens with zero attached hydrogens (tertiary/aromatic N) is 3. The van der Waals surface area contributed by atoms with Gasteiger partial charge in [-0.2, -0.15) is 12.8 Å². The molecule has 2 aromatic carbocycles. The van der Waals surface area contributed by atoms with E-state index < -0.39 is 53.0 Å². The molecule has 2 heterocycles. The number of carbonyl (C=O) groups excluding carboxylic acids is 2. The summed E-state index contributed by atoms with van der Waals surface area (Å²) in [7, 11) is -4.36. The third-order valence-electron chi connectivity index (χ3n) is 7.47. The zero-order valence-electron chi connectivity index (χ0n) is 26.7. The topological polar surface area (TPSA) is 177 Å². The molecule has 0 spiro atoms. The van der Waals surface area contributed by atoms with Crippen LogP contribution in [0.4, 0.5) is 10.6 Å². The fourth-order valence-corrected chi connectivity index (χ4v) is 6.87. The van der Waals surface area contributed by atoms with Gasteiger partial charge in [0.1, 0.15) is 19.0 Å². The van der Waals surface area contributed by atoms with Crippen LogP contribution < -0.4 is 10.6 Å². The minimum Gasteiger partial charge on any atom is -0.477 e. The van der Waals surface area contributed by atoms with Crippen molar-refractivity contribution in [1.29, 1.82) is 0 Å². The normalized spacial score (nSPS) is 16.5. The van der Waals surface area contributed by atoms with Crippen molar-refractivity contribution < 1.29 is 37.4 Å². The molecule has 1 aliphatic rings. The van der Waals surface area contributed by atoms with Crippen LogP contribution in [0.1, 0.15) is 34.4 Å². The van der Waals surface area contributed by atoms with Gasteiger partial charge >= 0.3 is 12.1 Å². The molecule has 1 fully saturated rings. The van der Waals surface area contributed by atoms with Crippen LogP contribution in [-0.2, 0) is 35.7 Å². The maximum absolute atomic E-state index is 13.1. The van der Waals surface area contributed by atoms with Crippen LogP contribution in [0.15, 0.2) is 70.0 Å². The molecule has 0 aliphatic carbocycles. The van der Waals surface area contributed by atoms with Gasteiger partial charge in [0.2, 0.25) is 5.91 Å². The Kier molecular flexibility index (Phi) is 11.7. The standard InChI is InChI=1S/C33H39N5O8S/c1-21-13-22(2)31(23(3)14-21)47(43,44)37-28(32(40)41)17-35-30(39)20-45-27-15-26(16-34-29-12-8-9-24(4)36-29)38(18-27)33(42)46-19-25-10-6-5-7-11-25/h5-14,26-27H,15-20H2,1-4H3,(H,34,36)(H,35,39)(H,40,41)/b37-28-. The summed E-state index contributed by atoms with van der Waals surface area (Å²) in [5.41, 5.74) is 2.65. The average molecular weight is 666 g/mol. The highest BCUT2D eigenvalue weighted by molar-refractivity contribution is 7.90. The van der Waals surface area contributed by atoms with Gasteiger partial charge in [-0.15, -0.1) is 0 Å². The number of hydrogen-bond acceptors (Lipinski definition) is 9. The van der Waals surface area contributed by atoms with Gasteiger partial charge in [-0.1, -0.05) is 54.1 Å². The van der Waals surface area contributed by atoms with Crippen LogP contribution in [0.3, 0.4) is 0 Å². The summed E-state index contributed by atoms with van der Waals surface area (Å²) in [6, 6.07) is 17.8. The maximum atomic E-state index is 13.1. The highest BCUT2D eigenvalue weighted by Gasteiger charge is 2.37. The largest absolute Gasteiger partial charge is 0.477 e. The molecule has 250 valence electrons. The van der Waals surface area contributed by atoms with Crippen molar-refractivity contribution in [2.75, 3.05) is 31.6 Å². The maximum Gasteiger partial charge on any atom is 0.410 e. The predicted octanol–water partition coefficient (Wildman–Crippen LogP) is 3.55. The van der Waals surface area contributed by atoms with Gasteiger partial charge < -0.3 is 30.1 Å². The number of amides is 2. The van der Waals surface area contributed by atoms with E-state index in [1.807, 2.05) is 62.4 Å². The van der Waals surface area contributed by atoms with E-state index in [-0.39, 0.29) is 24.1 Å². The van der Waals surface area contributed by atoms with Crippen molar-refractivity contribution in [3.8, 4) is 0 Å². The molecule has 1 aliphatic heterocycles. The van der Waals surface area contributed by atoms with Crippen LogP contribution in [0.25, 0.3) is 0 Å². The van der Waals surface area contributed by atoms with Crippen LogP contribution in [0.5, 0.6) is 0 Å². The number of carboxylic acid groups (broad SMARTS) is 1. The molecule has 1 aromatic heterocycles. The second kappa shape index (κ2) is 15.6. The molecule has 3 N–H and O–H groups in total. The molecule has 14 heteroatoms. The van der Waals surface area contributed by atoms with Gasteiger partial charge in [-0.3, -0.25) is 4.79 Å². The number of sulfonamides is 1. The van der Waals surface area contributed by atoms with Crippen LogP contribution in [-0.4, -0.2) is 85.5 Å². The summed E-state index contributed by atoms with van der Waals surface area (Å²) in [6.07, 6.45) is -0.666. The summed E-state index contributed by atoms with van der Waals surface area (Å²) in [5, 5.41) is 15.2. The van der Waals surface area contributed by atoms with Crippen molar-refractivity contribution in [2.24, 2.45) is 4.40 Å². The van der Waals surface area contributed by atoms with E-state index in [4.69, 9.17) is 9.47 Å². The third-order valence-corrected chi connectivity index (χ3v) is 9.09. The lowest BCUT2D eigenvalue weighted by Gasteiger charge is -2.24. The Morgan fingerprint density at radius 2 is 1.72 bits per heavy atom. The number of likely N-dealkylation sites (tertiary alicyclic amines) is 1. The van der Waals surface area contributed by atoms with Gasteiger partial charge in [0.25, 0.3) is 10.0 Å². The Morgan fingerprint density at radius 1 is 1.02 bits per heavy atom. The smallest absolute Gasteiger partial charge is 0.410 e. The van der Waals surface area contributed by atoms with E-state index in [2.05, 4.69) is 20.0 Å². The van der Waals surface area contributed by atoms with Crippen molar-refractivity contribution in [3.63, 3.8) is 0 Å². The van der Waals surface area contributed by atoms with Crippen molar-refractivity contribution in [2.45, 2.75) is 57.8 Å². The molecule has 0 radical (unpaired) electrons. The van der Waals surface area contributed by atoms with Gasteiger partial charge in [0, 0.05) is 12.2 Å². The molecule has 47 heavy (non-hydrogen) atoms. The third kappa shape index (κ3) is 9.83. The number of carboxylic acids is 1. The summed E-state index contributed by atoms with van der Waals surface area (Å²) >= 11 is 0. The van der Waals surface area contributed by atoms with Crippen molar-refractivity contribution in [1.82, 2.24) is 15.2 Å². The average Bonchev–Trinajstić information content (AvgIpc) is 3.43. The molecule has 1 saturated heterocycles. The number of anilines is 1. The number of rotatable bonds is 13. The molecule has 13 nitrogen and oxygen atoms in total. The zero-order chi connectivity index (χ0) is 34.1. The SMILES string of the molecule is Cc1cc(C)c(S(=O)(=O)/N=C(/CNC(=O)COC2CC(CNc3cccc(C)n3)N(C(=O)OCc3ccccc3)C2)C(=O)O)c(C)c1. The lowest BCUT2D eigenvalue weighted by Crippen LogP contribution is -2.40. The minimum absolute atomic E-state index is 0.0770. The van der Waals surface area contributed by atoms with Crippen LogP contribution in [0.2, 0.25) is 0 Å². The monoisotopic (exact) mass is 665 g/mol. The summed E-state index contributed by atoms with van der Waals surface area (Å²) in [5.74, 6) is -1.61. The number of aliphatic carboxylic acids is 1. The molecule has 2 atom stereocenters. The molecule has 0 bridgehead atoms. The summed E-state index contributed by atoms with van der Waals surface area (Å²) in [4.78, 5) is 43.5. The lowest BCUT2D eigenvalue weighted by molar-refractivity contribution is -0.129. The summed E-state index contributed by atoms with van der Waals surface area (Å²) < 4.78 is 40.9. The van der Waals surface area contributed by atoms with E-state index >= 15 is 0 Å². The molecular weight excluding hydrogens is 626 g/mol. The highest BCUT2D eigenvalue weighted by atomic mass is 32.2. The first kappa shape index (κ1) is 35.0. The van der Waals surface area contributed by atoms with E-state index in [1.165, 1.54) is 0 Å². The Labute approximate surface area is 274 Å². The van der Waals surface area contributed by atoms with Crippen molar-refractivity contribution in [3.05, 3.63) is 88.6 Å². The minimum atomic E-state index is -4.36. The molecule has 4 rings (SSSR count). The Morgan fingerprint density at radius 3 is 2.38 bits per heavy atom. The second-order valence-corrected chi connectivity index (χ2v) is 12.9. The fourth-order valence-electron chi connectivity index (χ4n) is 5.42. The Balaban J connectivity index is 1.37. The number of aryl methyl sites for hydroxylation is 4. The number of ether oxygens (including phenoxy) is 2. The first-order chi connectivity index (χ1) is 22.3. The molecular formula is C33H39N5O8S. The molecule has 2 amide bonds. The molecule has 2 unspecified atom stereocenters.